The Morgan fingerprint density at radius 2 is 1.81 bits per heavy atom. The number of fused-ring (bicyclic) bond motifs is 1. The number of amides is 1. The van der Waals surface area contributed by atoms with Crippen LogP contribution in [-0.4, -0.2) is 36.8 Å². The lowest BCUT2D eigenvalue weighted by Gasteiger charge is -2.07. The number of carbonyl (C=O) groups excluding carboxylic acids is 4. The molecule has 10 heteroatoms. The van der Waals surface area contributed by atoms with Gasteiger partial charge in [0.25, 0.3) is 5.91 Å². The second-order valence-electron chi connectivity index (χ2n) is 6.81. The summed E-state index contributed by atoms with van der Waals surface area (Å²) in [6.07, 6.45) is 0. The monoisotopic (exact) mass is 461 g/mol. The highest BCUT2D eigenvalue weighted by Gasteiger charge is 2.29. The van der Waals surface area contributed by atoms with Gasteiger partial charge in [-0.25, -0.2) is 14.0 Å². The van der Waals surface area contributed by atoms with E-state index in [4.69, 9.17) is 13.9 Å². The topological polar surface area (TPSA) is 112 Å². The Labute approximate surface area is 186 Å². The molecule has 0 unspecified atom stereocenters. The van der Waals surface area contributed by atoms with E-state index < -0.39 is 36.1 Å². The SMILES string of the molecule is CCOC(=O)c1c(NC(=O)COC(=O)c2sc3cccc(F)c3c2C)oc(C)c1C(C)=O. The number of ketones is 1. The van der Waals surface area contributed by atoms with E-state index in [1.807, 2.05) is 0 Å². The van der Waals surface area contributed by atoms with Gasteiger partial charge < -0.3 is 13.9 Å². The molecule has 0 radical (unpaired) electrons. The van der Waals surface area contributed by atoms with Crippen molar-refractivity contribution in [2.45, 2.75) is 27.7 Å². The number of hydrogen-bond donors (Lipinski definition) is 1. The zero-order valence-electron chi connectivity index (χ0n) is 17.8. The minimum Gasteiger partial charge on any atom is -0.462 e. The number of benzene rings is 1. The largest absolute Gasteiger partial charge is 0.462 e. The van der Waals surface area contributed by atoms with E-state index >= 15 is 0 Å². The summed E-state index contributed by atoms with van der Waals surface area (Å²) in [5, 5.41) is 2.66. The molecular weight excluding hydrogens is 441 g/mol. The molecule has 0 saturated heterocycles. The van der Waals surface area contributed by atoms with Gasteiger partial charge >= 0.3 is 11.9 Å². The lowest BCUT2D eigenvalue weighted by molar-refractivity contribution is -0.119. The molecule has 8 nitrogen and oxygen atoms in total. The number of rotatable bonds is 7. The fourth-order valence-electron chi connectivity index (χ4n) is 3.26. The number of furan rings is 1. The molecule has 32 heavy (non-hydrogen) atoms. The van der Waals surface area contributed by atoms with Gasteiger partial charge in [-0.3, -0.25) is 14.9 Å². The molecule has 0 aliphatic carbocycles. The summed E-state index contributed by atoms with van der Waals surface area (Å²) in [7, 11) is 0. The number of Topliss-reactive ketones (excluding diaryl/α,β-unsaturated/α-hetero) is 1. The van der Waals surface area contributed by atoms with Gasteiger partial charge in [0.2, 0.25) is 5.88 Å². The quantitative estimate of drug-likeness (QED) is 0.409. The van der Waals surface area contributed by atoms with Gasteiger partial charge in [0.05, 0.1) is 12.2 Å². The summed E-state index contributed by atoms with van der Waals surface area (Å²) in [5.74, 6) is -3.43. The molecule has 3 aromatic rings. The molecule has 0 saturated carbocycles. The Balaban J connectivity index is 1.76. The van der Waals surface area contributed by atoms with Gasteiger partial charge in [-0.05, 0) is 45.4 Å². The summed E-state index contributed by atoms with van der Waals surface area (Å²) in [6, 6.07) is 4.52. The van der Waals surface area contributed by atoms with E-state index in [1.165, 1.54) is 26.0 Å². The first-order valence-corrected chi connectivity index (χ1v) is 10.4. The highest BCUT2D eigenvalue weighted by Crippen LogP contribution is 2.33. The van der Waals surface area contributed by atoms with E-state index in [-0.39, 0.29) is 34.3 Å². The smallest absolute Gasteiger partial charge is 0.349 e. The lowest BCUT2D eigenvalue weighted by Crippen LogP contribution is -2.22. The zero-order chi connectivity index (χ0) is 23.6. The summed E-state index contributed by atoms with van der Waals surface area (Å²) in [6.45, 7) is 5.28. The minimum atomic E-state index is -0.829. The average molecular weight is 461 g/mol. The molecule has 2 aromatic heterocycles. The average Bonchev–Trinajstić information content (AvgIpc) is 3.24. The van der Waals surface area contributed by atoms with E-state index in [0.717, 1.165) is 11.3 Å². The third kappa shape index (κ3) is 4.40. The van der Waals surface area contributed by atoms with Gasteiger partial charge in [0, 0.05) is 10.1 Å². The Morgan fingerprint density at radius 3 is 2.44 bits per heavy atom. The number of thiophene rings is 1. The van der Waals surface area contributed by atoms with Crippen LogP contribution >= 0.6 is 11.3 Å². The predicted octanol–water partition coefficient (Wildman–Crippen LogP) is 4.43. The molecule has 0 aliphatic heterocycles. The van der Waals surface area contributed by atoms with Crippen LogP contribution in [0.4, 0.5) is 10.3 Å². The van der Waals surface area contributed by atoms with Crippen LogP contribution in [0.5, 0.6) is 0 Å². The number of anilines is 1. The van der Waals surface area contributed by atoms with Crippen LogP contribution in [0.15, 0.2) is 22.6 Å². The van der Waals surface area contributed by atoms with Gasteiger partial charge in [-0.15, -0.1) is 11.3 Å². The number of aryl methyl sites for hydroxylation is 2. The number of ether oxygens (including phenoxy) is 2. The maximum absolute atomic E-state index is 14.0. The maximum Gasteiger partial charge on any atom is 0.349 e. The predicted molar refractivity (Wildman–Crippen MR) is 115 cm³/mol. The van der Waals surface area contributed by atoms with Crippen LogP contribution in [0.3, 0.4) is 0 Å². The maximum atomic E-state index is 14.0. The number of halogens is 1. The number of hydrogen-bond acceptors (Lipinski definition) is 8. The van der Waals surface area contributed by atoms with Crippen molar-refractivity contribution >= 4 is 50.9 Å². The molecule has 0 atom stereocenters. The summed E-state index contributed by atoms with van der Waals surface area (Å²) in [4.78, 5) is 49.2. The Morgan fingerprint density at radius 1 is 1.09 bits per heavy atom. The zero-order valence-corrected chi connectivity index (χ0v) is 18.6. The minimum absolute atomic E-state index is 0.00123. The van der Waals surface area contributed by atoms with Gasteiger partial charge in [0.1, 0.15) is 22.0 Å². The van der Waals surface area contributed by atoms with Crippen LogP contribution in [-0.2, 0) is 14.3 Å². The first-order chi connectivity index (χ1) is 15.1. The summed E-state index contributed by atoms with van der Waals surface area (Å²) < 4.78 is 30.0. The normalized spacial score (nSPS) is 10.8. The van der Waals surface area contributed by atoms with E-state index in [0.29, 0.717) is 15.6 Å². The molecule has 1 amide bonds. The molecule has 0 bridgehead atoms. The second-order valence-corrected chi connectivity index (χ2v) is 7.86. The second kappa shape index (κ2) is 9.31. The third-order valence-electron chi connectivity index (χ3n) is 4.59. The molecule has 168 valence electrons. The molecule has 0 aliphatic rings. The molecule has 0 fully saturated rings. The van der Waals surface area contributed by atoms with Crippen LogP contribution in [0, 0.1) is 19.7 Å². The third-order valence-corrected chi connectivity index (χ3v) is 5.83. The van der Waals surface area contributed by atoms with Gasteiger partial charge in [0.15, 0.2) is 12.4 Å². The van der Waals surface area contributed by atoms with Crippen molar-refractivity contribution in [3.05, 3.63) is 51.3 Å². The van der Waals surface area contributed by atoms with Crippen molar-refractivity contribution < 1.29 is 37.5 Å². The standard InChI is InChI=1S/C22H20FNO7S/c1-5-29-21(27)18-17(11(3)25)12(4)31-20(18)24-15(26)9-30-22(28)19-10(2)16-13(23)7-6-8-14(16)32-19/h6-8H,5,9H2,1-4H3,(H,24,26). The van der Waals surface area contributed by atoms with Crippen molar-refractivity contribution in [2.24, 2.45) is 0 Å². The number of carbonyl (C=O) groups is 4. The molecular formula is C22H20FNO7S. The Hall–Kier alpha value is -3.53. The Kier molecular flexibility index (Phi) is 6.73. The summed E-state index contributed by atoms with van der Waals surface area (Å²) in [5.41, 5.74) is 0.219. The first-order valence-electron chi connectivity index (χ1n) is 9.61. The van der Waals surface area contributed by atoms with Crippen molar-refractivity contribution in [2.75, 3.05) is 18.5 Å². The van der Waals surface area contributed by atoms with Crippen molar-refractivity contribution in [3.8, 4) is 0 Å². The Bertz CT molecular complexity index is 1240. The van der Waals surface area contributed by atoms with Crippen LogP contribution in [0.2, 0.25) is 0 Å². The highest BCUT2D eigenvalue weighted by molar-refractivity contribution is 7.21. The lowest BCUT2D eigenvalue weighted by atomic mass is 10.1. The first kappa shape index (κ1) is 23.1. The highest BCUT2D eigenvalue weighted by atomic mass is 32.1. The number of esters is 2. The fourth-order valence-corrected chi connectivity index (χ4v) is 4.38. The van der Waals surface area contributed by atoms with Crippen LogP contribution in [0.25, 0.3) is 10.1 Å². The van der Waals surface area contributed by atoms with Gasteiger partial charge in [-0.1, -0.05) is 6.07 Å². The van der Waals surface area contributed by atoms with Crippen LogP contribution < -0.4 is 5.32 Å². The van der Waals surface area contributed by atoms with E-state index in [9.17, 15) is 23.6 Å². The number of nitrogens with one attached hydrogen (secondary N) is 1. The molecule has 1 N–H and O–H groups in total. The molecule has 2 heterocycles. The van der Waals surface area contributed by atoms with E-state index in [2.05, 4.69) is 5.32 Å². The fraction of sp³-hybridized carbons (Fsp3) is 0.273. The van der Waals surface area contributed by atoms with Crippen molar-refractivity contribution in [3.63, 3.8) is 0 Å². The van der Waals surface area contributed by atoms with Crippen molar-refractivity contribution in [1.29, 1.82) is 0 Å². The van der Waals surface area contributed by atoms with Crippen molar-refractivity contribution in [1.82, 2.24) is 0 Å². The van der Waals surface area contributed by atoms with E-state index in [1.54, 1.807) is 19.9 Å². The van der Waals surface area contributed by atoms with Gasteiger partial charge in [-0.2, -0.15) is 0 Å². The molecule has 3 rings (SSSR count). The van der Waals surface area contributed by atoms with Crippen LogP contribution in [0.1, 0.15) is 55.6 Å². The summed E-state index contributed by atoms with van der Waals surface area (Å²) >= 11 is 1.06. The molecule has 1 aromatic carbocycles. The molecule has 0 spiro atoms.